The SMILES string of the molecule is CCO[C@@H]1CCN(C2CCN(c3cc(OC)c(Nc4ncc(Br)c(Nc5ccc6c(c5P(C)C)OCCO6)n4)cc3C)CC2)C1. The van der Waals surface area contributed by atoms with Crippen LogP contribution in [0.3, 0.4) is 0 Å². The molecule has 2 fully saturated rings. The summed E-state index contributed by atoms with van der Waals surface area (Å²) in [4.78, 5) is 14.5. The number of rotatable bonds is 10. The van der Waals surface area contributed by atoms with E-state index in [0.29, 0.717) is 37.1 Å². The molecule has 1 atom stereocenters. The van der Waals surface area contributed by atoms with Crippen molar-refractivity contribution in [1.82, 2.24) is 14.9 Å². The Kier molecular flexibility index (Phi) is 10.2. The van der Waals surface area contributed by atoms with Gasteiger partial charge in [-0.25, -0.2) is 4.98 Å². The van der Waals surface area contributed by atoms with Crippen molar-refractivity contribution in [2.75, 3.05) is 82.0 Å². The monoisotopic (exact) mass is 698 g/mol. The molecule has 0 bridgehead atoms. The summed E-state index contributed by atoms with van der Waals surface area (Å²) in [6, 6.07) is 8.89. The number of likely N-dealkylation sites (tertiary alicyclic amines) is 1. The summed E-state index contributed by atoms with van der Waals surface area (Å²) in [7, 11) is 1.23. The van der Waals surface area contributed by atoms with Gasteiger partial charge in [-0.2, -0.15) is 4.98 Å². The van der Waals surface area contributed by atoms with Gasteiger partial charge in [0.25, 0.3) is 0 Å². The van der Waals surface area contributed by atoms with E-state index in [-0.39, 0.29) is 0 Å². The molecule has 4 heterocycles. The maximum Gasteiger partial charge on any atom is 0.229 e. The molecular weight excluding hydrogens is 655 g/mol. The number of benzene rings is 2. The van der Waals surface area contributed by atoms with Crippen molar-refractivity contribution >= 4 is 58.0 Å². The van der Waals surface area contributed by atoms with Gasteiger partial charge in [-0.3, -0.25) is 4.90 Å². The van der Waals surface area contributed by atoms with Crippen LogP contribution < -0.4 is 35.0 Å². The van der Waals surface area contributed by atoms with Crippen molar-refractivity contribution in [3.63, 3.8) is 0 Å². The number of fused-ring (bicyclic) bond motifs is 1. The highest BCUT2D eigenvalue weighted by Crippen LogP contribution is 2.42. The van der Waals surface area contributed by atoms with Crippen molar-refractivity contribution in [1.29, 1.82) is 0 Å². The van der Waals surface area contributed by atoms with Crippen LogP contribution in [0.1, 0.15) is 31.7 Å². The zero-order valence-corrected chi connectivity index (χ0v) is 29.3. The number of aryl methyl sites for hydroxylation is 1. The normalized spacial score (nSPS) is 18.8. The van der Waals surface area contributed by atoms with Gasteiger partial charge in [0, 0.05) is 62.1 Å². The van der Waals surface area contributed by atoms with Crippen LogP contribution in [0, 0.1) is 6.92 Å². The Morgan fingerprint density at radius 3 is 2.60 bits per heavy atom. The Balaban J connectivity index is 1.16. The molecule has 3 aliphatic heterocycles. The van der Waals surface area contributed by atoms with Crippen LogP contribution in [0.5, 0.6) is 17.2 Å². The summed E-state index contributed by atoms with van der Waals surface area (Å²) in [5.74, 6) is 3.50. The maximum absolute atomic E-state index is 6.03. The fourth-order valence-electron chi connectivity index (χ4n) is 6.62. The van der Waals surface area contributed by atoms with Crippen LogP contribution in [0.25, 0.3) is 0 Å². The van der Waals surface area contributed by atoms with Crippen LogP contribution in [0.2, 0.25) is 0 Å². The van der Waals surface area contributed by atoms with E-state index in [0.717, 1.165) is 90.4 Å². The molecule has 2 N–H and O–H groups in total. The second kappa shape index (κ2) is 14.3. The first-order valence-electron chi connectivity index (χ1n) is 15.8. The Hall–Kier alpha value is -2.85. The highest BCUT2D eigenvalue weighted by molar-refractivity contribution is 9.10. The van der Waals surface area contributed by atoms with E-state index in [2.05, 4.69) is 80.7 Å². The lowest BCUT2D eigenvalue weighted by Gasteiger charge is -2.38. The van der Waals surface area contributed by atoms with Gasteiger partial charge in [0.1, 0.15) is 24.8 Å². The van der Waals surface area contributed by atoms with E-state index in [1.165, 1.54) is 11.3 Å². The van der Waals surface area contributed by atoms with Crippen molar-refractivity contribution in [2.24, 2.45) is 0 Å². The minimum atomic E-state index is -0.482. The number of piperidine rings is 1. The van der Waals surface area contributed by atoms with Gasteiger partial charge in [-0.1, -0.05) is 7.92 Å². The second-order valence-electron chi connectivity index (χ2n) is 11.9. The molecule has 3 aliphatic rings. The van der Waals surface area contributed by atoms with Gasteiger partial charge in [0.15, 0.2) is 11.5 Å². The fraction of sp³-hybridized carbons (Fsp3) is 0.515. The maximum atomic E-state index is 6.03. The van der Waals surface area contributed by atoms with Crippen LogP contribution in [0.4, 0.5) is 28.8 Å². The van der Waals surface area contributed by atoms with Gasteiger partial charge in [0.05, 0.1) is 29.1 Å². The summed E-state index contributed by atoms with van der Waals surface area (Å²) in [6.45, 7) is 14.9. The predicted octanol–water partition coefficient (Wildman–Crippen LogP) is 6.26. The number of halogens is 1. The topological polar surface area (TPSA) is 93.2 Å². The van der Waals surface area contributed by atoms with Gasteiger partial charge < -0.3 is 34.5 Å². The van der Waals surface area contributed by atoms with Crippen LogP contribution in [-0.4, -0.2) is 93.5 Å². The zero-order chi connectivity index (χ0) is 31.5. The summed E-state index contributed by atoms with van der Waals surface area (Å²) >= 11 is 3.63. The summed E-state index contributed by atoms with van der Waals surface area (Å²) in [5.41, 5.74) is 4.17. The fourth-order valence-corrected chi connectivity index (χ4v) is 8.11. The second-order valence-corrected chi connectivity index (χ2v) is 15.0. The zero-order valence-electron chi connectivity index (χ0n) is 26.9. The molecule has 0 aliphatic carbocycles. The highest BCUT2D eigenvalue weighted by Gasteiger charge is 2.31. The predicted molar refractivity (Wildman–Crippen MR) is 187 cm³/mol. The molecule has 10 nitrogen and oxygen atoms in total. The number of nitrogens with zero attached hydrogens (tertiary/aromatic N) is 4. The number of hydrogen-bond donors (Lipinski definition) is 2. The van der Waals surface area contributed by atoms with Crippen LogP contribution in [0.15, 0.2) is 34.9 Å². The van der Waals surface area contributed by atoms with E-state index in [9.17, 15) is 0 Å². The molecule has 0 spiro atoms. The number of nitrogens with one attached hydrogen (secondary N) is 2. The van der Waals surface area contributed by atoms with Gasteiger partial charge in [0.2, 0.25) is 5.95 Å². The van der Waals surface area contributed by atoms with Crippen molar-refractivity contribution in [2.45, 2.75) is 45.3 Å². The van der Waals surface area contributed by atoms with Gasteiger partial charge in [-0.05, 0) is 86.1 Å². The molecule has 0 unspecified atom stereocenters. The minimum absolute atomic E-state index is 0.396. The number of aromatic nitrogens is 2. The third-order valence-corrected chi connectivity index (χ3v) is 10.7. The van der Waals surface area contributed by atoms with Crippen LogP contribution >= 0.6 is 23.9 Å². The number of ether oxygens (including phenoxy) is 4. The standard InChI is InChI=1S/C33H44BrN6O4P/c1-6-42-23-11-14-40(20-23)22-9-12-39(13-10-22)27-18-29(41-3)26(17-21(27)2)37-33-35-19-24(34)32(38-33)36-25-7-8-28-30(31(25)45(4)5)44-16-15-43-28/h7-8,17-19,22-23H,6,9-16,20H2,1-5H3,(H2,35,36,37,38)/t23-/m1/s1. The van der Waals surface area contributed by atoms with E-state index in [4.69, 9.17) is 23.9 Å². The molecule has 12 heteroatoms. The first kappa shape index (κ1) is 32.1. The highest BCUT2D eigenvalue weighted by atomic mass is 79.9. The molecule has 2 saturated heterocycles. The number of hydrogen-bond acceptors (Lipinski definition) is 10. The molecule has 2 aromatic carbocycles. The third-order valence-electron chi connectivity index (χ3n) is 8.79. The van der Waals surface area contributed by atoms with E-state index >= 15 is 0 Å². The smallest absolute Gasteiger partial charge is 0.229 e. The first-order valence-corrected chi connectivity index (χ1v) is 18.8. The van der Waals surface area contributed by atoms with Crippen molar-refractivity contribution < 1.29 is 18.9 Å². The molecule has 1 aromatic heterocycles. The Morgan fingerprint density at radius 1 is 1.04 bits per heavy atom. The number of anilines is 5. The molecular formula is C33H44BrN6O4P. The molecule has 0 amide bonds. The van der Waals surface area contributed by atoms with Crippen molar-refractivity contribution in [3.05, 3.63) is 40.5 Å². The van der Waals surface area contributed by atoms with Gasteiger partial charge >= 0.3 is 0 Å². The lowest BCUT2D eigenvalue weighted by Crippen LogP contribution is -2.44. The summed E-state index contributed by atoms with van der Waals surface area (Å²) in [6.07, 6.45) is 5.62. The number of methoxy groups -OCH3 is 1. The quantitative estimate of drug-likeness (QED) is 0.236. The van der Waals surface area contributed by atoms with E-state index in [1.807, 2.05) is 12.1 Å². The Bertz CT molecular complexity index is 1500. The van der Waals surface area contributed by atoms with Crippen molar-refractivity contribution in [3.8, 4) is 17.2 Å². The first-order chi connectivity index (χ1) is 21.8. The average Bonchev–Trinajstić information content (AvgIpc) is 3.51. The molecule has 45 heavy (non-hydrogen) atoms. The minimum Gasteiger partial charge on any atom is -0.494 e. The molecule has 3 aromatic rings. The molecule has 0 radical (unpaired) electrons. The van der Waals surface area contributed by atoms with Gasteiger partial charge in [-0.15, -0.1) is 0 Å². The average molecular weight is 700 g/mol. The van der Waals surface area contributed by atoms with Crippen LogP contribution in [-0.2, 0) is 4.74 Å². The summed E-state index contributed by atoms with van der Waals surface area (Å²) in [5, 5.41) is 8.04. The molecule has 242 valence electrons. The third kappa shape index (κ3) is 7.12. The Morgan fingerprint density at radius 2 is 1.84 bits per heavy atom. The Labute approximate surface area is 276 Å². The van der Waals surface area contributed by atoms with E-state index in [1.54, 1.807) is 13.3 Å². The lowest BCUT2D eigenvalue weighted by atomic mass is 10.0. The van der Waals surface area contributed by atoms with E-state index < -0.39 is 7.92 Å². The molecule has 6 rings (SSSR count). The largest absolute Gasteiger partial charge is 0.494 e. The molecule has 0 saturated carbocycles. The lowest BCUT2D eigenvalue weighted by molar-refractivity contribution is 0.0626. The summed E-state index contributed by atoms with van der Waals surface area (Å²) < 4.78 is 24.4.